The minimum absolute atomic E-state index is 0.369. The van der Waals surface area contributed by atoms with Crippen LogP contribution in [0.2, 0.25) is 0 Å². The highest BCUT2D eigenvalue weighted by molar-refractivity contribution is 14.1. The number of carbonyl (C=O) groups excluding carboxylic acids is 1. The highest BCUT2D eigenvalue weighted by atomic mass is 127. The molecule has 0 amide bonds. The first-order valence-corrected chi connectivity index (χ1v) is 8.90. The van der Waals surface area contributed by atoms with E-state index in [2.05, 4.69) is 51.6 Å². The Kier molecular flexibility index (Phi) is 5.71. The molecular weight excluding hydrogens is 427 g/mol. The van der Waals surface area contributed by atoms with Crippen LogP contribution in [0.1, 0.15) is 11.1 Å². The minimum Gasteiger partial charge on any atom is -0.488 e. The van der Waals surface area contributed by atoms with Gasteiger partial charge in [-0.15, -0.1) is 0 Å². The first-order valence-electron chi connectivity index (χ1n) is 7.82. The first kappa shape index (κ1) is 17.5. The van der Waals surface area contributed by atoms with Gasteiger partial charge in [0.05, 0.1) is 10.7 Å². The van der Waals surface area contributed by atoms with E-state index >= 15 is 0 Å². The van der Waals surface area contributed by atoms with Crippen LogP contribution in [-0.2, 0) is 16.1 Å². The predicted octanol–water partition coefficient (Wildman–Crippen LogP) is 5.21. The van der Waals surface area contributed by atoms with Gasteiger partial charge >= 0.3 is 5.97 Å². The zero-order chi connectivity index (χ0) is 17.6. The number of ether oxygens (including phenoxy) is 2. The molecule has 0 saturated heterocycles. The molecule has 3 aromatic carbocycles. The molecule has 0 aliphatic carbocycles. The van der Waals surface area contributed by atoms with Gasteiger partial charge in [0.2, 0.25) is 0 Å². The van der Waals surface area contributed by atoms with Crippen molar-refractivity contribution >= 4 is 45.4 Å². The van der Waals surface area contributed by atoms with E-state index in [1.54, 1.807) is 6.08 Å². The Morgan fingerprint density at radius 1 is 1.08 bits per heavy atom. The summed E-state index contributed by atoms with van der Waals surface area (Å²) in [6.45, 7) is 0.509. The second kappa shape index (κ2) is 8.16. The molecule has 0 radical (unpaired) electrons. The summed E-state index contributed by atoms with van der Waals surface area (Å²) in [4.78, 5) is 11.2. The largest absolute Gasteiger partial charge is 0.488 e. The van der Waals surface area contributed by atoms with Gasteiger partial charge in [0.25, 0.3) is 0 Å². The van der Waals surface area contributed by atoms with Crippen molar-refractivity contribution in [3.8, 4) is 5.75 Å². The van der Waals surface area contributed by atoms with Gasteiger partial charge in [-0.3, -0.25) is 0 Å². The Bertz CT molecular complexity index is 926. The average molecular weight is 444 g/mol. The number of methoxy groups -OCH3 is 1. The number of halogens is 1. The van der Waals surface area contributed by atoms with Gasteiger partial charge in [-0.05, 0) is 62.7 Å². The van der Waals surface area contributed by atoms with Crippen molar-refractivity contribution in [2.45, 2.75) is 6.61 Å². The fourth-order valence-corrected chi connectivity index (χ4v) is 3.24. The molecule has 3 rings (SSSR count). The summed E-state index contributed by atoms with van der Waals surface area (Å²) >= 11 is 2.24. The monoisotopic (exact) mass is 444 g/mol. The molecule has 3 nitrogen and oxygen atoms in total. The number of benzene rings is 3. The molecular formula is C21H17IO3. The number of esters is 1. The summed E-state index contributed by atoms with van der Waals surface area (Å²) < 4.78 is 11.6. The predicted molar refractivity (Wildman–Crippen MR) is 108 cm³/mol. The molecule has 0 unspecified atom stereocenters. The summed E-state index contributed by atoms with van der Waals surface area (Å²) in [5, 5.41) is 2.42. The van der Waals surface area contributed by atoms with E-state index in [1.165, 1.54) is 24.0 Å². The molecule has 0 fully saturated rings. The minimum atomic E-state index is -0.369. The second-order valence-electron chi connectivity index (χ2n) is 5.47. The van der Waals surface area contributed by atoms with Crippen LogP contribution in [0.3, 0.4) is 0 Å². The molecule has 0 atom stereocenters. The zero-order valence-corrected chi connectivity index (χ0v) is 15.9. The first-order chi connectivity index (χ1) is 12.2. The lowest BCUT2D eigenvalue weighted by atomic mass is 10.1. The van der Waals surface area contributed by atoms with Gasteiger partial charge in [0.15, 0.2) is 0 Å². The fraction of sp³-hybridized carbons (Fsp3) is 0.0952. The molecule has 3 aromatic rings. The normalized spacial score (nSPS) is 11.0. The quantitative estimate of drug-likeness (QED) is 0.308. The molecule has 0 saturated carbocycles. The third-order valence-electron chi connectivity index (χ3n) is 3.83. The summed E-state index contributed by atoms with van der Waals surface area (Å²) in [5.41, 5.74) is 2.08. The van der Waals surface area contributed by atoms with Crippen LogP contribution in [0.15, 0.2) is 66.7 Å². The van der Waals surface area contributed by atoms with Gasteiger partial charge in [-0.25, -0.2) is 4.79 Å². The van der Waals surface area contributed by atoms with Crippen LogP contribution < -0.4 is 4.74 Å². The van der Waals surface area contributed by atoms with Crippen LogP contribution in [0.4, 0.5) is 0 Å². The van der Waals surface area contributed by atoms with Gasteiger partial charge in [-0.1, -0.05) is 48.5 Å². The van der Waals surface area contributed by atoms with Crippen molar-refractivity contribution < 1.29 is 14.3 Å². The molecule has 25 heavy (non-hydrogen) atoms. The van der Waals surface area contributed by atoms with Crippen molar-refractivity contribution in [1.29, 1.82) is 0 Å². The van der Waals surface area contributed by atoms with Crippen molar-refractivity contribution in [2.24, 2.45) is 0 Å². The van der Waals surface area contributed by atoms with Crippen molar-refractivity contribution in [3.05, 3.63) is 81.4 Å². The molecule has 0 aliphatic heterocycles. The number of rotatable bonds is 5. The summed E-state index contributed by atoms with van der Waals surface area (Å²) in [7, 11) is 1.36. The van der Waals surface area contributed by atoms with Gasteiger partial charge < -0.3 is 9.47 Å². The number of fused-ring (bicyclic) bond motifs is 1. The smallest absolute Gasteiger partial charge is 0.330 e. The van der Waals surface area contributed by atoms with E-state index in [0.29, 0.717) is 6.61 Å². The van der Waals surface area contributed by atoms with Crippen LogP contribution in [0, 0.1) is 3.57 Å². The molecule has 0 N–H and O–H groups in total. The Morgan fingerprint density at radius 2 is 1.88 bits per heavy atom. The molecule has 126 valence electrons. The third kappa shape index (κ3) is 4.39. The number of hydrogen-bond donors (Lipinski definition) is 0. The maximum Gasteiger partial charge on any atom is 0.330 e. The topological polar surface area (TPSA) is 35.5 Å². The maximum atomic E-state index is 11.2. The average Bonchev–Trinajstić information content (AvgIpc) is 2.65. The lowest BCUT2D eigenvalue weighted by molar-refractivity contribution is -0.134. The SMILES string of the molecule is COC(=O)/C=C/c1ccc(OCc2cccc3ccccc23)c(I)c1. The number of carbonyl (C=O) groups is 1. The summed E-state index contributed by atoms with van der Waals surface area (Å²) in [6.07, 6.45) is 3.13. The van der Waals surface area contributed by atoms with E-state index in [9.17, 15) is 4.79 Å². The Balaban J connectivity index is 1.75. The molecule has 0 bridgehead atoms. The van der Waals surface area contributed by atoms with Crippen LogP contribution >= 0.6 is 22.6 Å². The zero-order valence-electron chi connectivity index (χ0n) is 13.7. The summed E-state index contributed by atoms with van der Waals surface area (Å²) in [5.74, 6) is 0.454. The lowest BCUT2D eigenvalue weighted by Crippen LogP contribution is -1.98. The molecule has 0 spiro atoms. The maximum absolute atomic E-state index is 11.2. The molecule has 0 aliphatic rings. The highest BCUT2D eigenvalue weighted by Gasteiger charge is 2.05. The van der Waals surface area contributed by atoms with Crippen molar-refractivity contribution in [3.63, 3.8) is 0 Å². The molecule has 4 heteroatoms. The van der Waals surface area contributed by atoms with Crippen LogP contribution in [0.25, 0.3) is 16.8 Å². The van der Waals surface area contributed by atoms with E-state index in [4.69, 9.17) is 4.74 Å². The van der Waals surface area contributed by atoms with Crippen LogP contribution in [0.5, 0.6) is 5.75 Å². The van der Waals surface area contributed by atoms with E-state index in [1.807, 2.05) is 36.4 Å². The molecule has 0 aromatic heterocycles. The van der Waals surface area contributed by atoms with Crippen LogP contribution in [-0.4, -0.2) is 13.1 Å². The molecule has 0 heterocycles. The van der Waals surface area contributed by atoms with Gasteiger partial charge in [0, 0.05) is 6.08 Å². The highest BCUT2D eigenvalue weighted by Crippen LogP contribution is 2.25. The Labute approximate surface area is 160 Å². The second-order valence-corrected chi connectivity index (χ2v) is 6.64. The van der Waals surface area contributed by atoms with Crippen molar-refractivity contribution in [2.75, 3.05) is 7.11 Å². The Morgan fingerprint density at radius 3 is 2.68 bits per heavy atom. The fourth-order valence-electron chi connectivity index (χ4n) is 2.54. The number of hydrogen-bond acceptors (Lipinski definition) is 3. The summed E-state index contributed by atoms with van der Waals surface area (Å²) in [6, 6.07) is 20.3. The Hall–Kier alpha value is -2.34. The lowest BCUT2D eigenvalue weighted by Gasteiger charge is -2.11. The van der Waals surface area contributed by atoms with E-state index in [0.717, 1.165) is 20.4 Å². The standard InChI is InChI=1S/C21H17IO3/c1-24-21(23)12-10-15-9-11-20(19(22)13-15)25-14-17-7-4-6-16-5-2-3-8-18(16)17/h2-13H,14H2,1H3/b12-10+. The van der Waals surface area contributed by atoms with E-state index in [-0.39, 0.29) is 5.97 Å². The van der Waals surface area contributed by atoms with Crippen molar-refractivity contribution in [1.82, 2.24) is 0 Å². The van der Waals surface area contributed by atoms with Gasteiger partial charge in [0.1, 0.15) is 12.4 Å². The van der Waals surface area contributed by atoms with Gasteiger partial charge in [-0.2, -0.15) is 0 Å². The van der Waals surface area contributed by atoms with E-state index < -0.39 is 0 Å². The third-order valence-corrected chi connectivity index (χ3v) is 4.68.